The van der Waals surface area contributed by atoms with E-state index in [1.165, 1.54) is 0 Å². The van der Waals surface area contributed by atoms with Crippen molar-refractivity contribution in [1.82, 2.24) is 0 Å². The third kappa shape index (κ3) is 2.26. The van der Waals surface area contributed by atoms with Gasteiger partial charge >= 0.3 is 5.97 Å². The van der Waals surface area contributed by atoms with Gasteiger partial charge in [0.2, 0.25) is 0 Å². The Morgan fingerprint density at radius 3 is 2.89 bits per heavy atom. The van der Waals surface area contributed by atoms with Gasteiger partial charge in [-0.1, -0.05) is 6.07 Å². The number of rotatable bonds is 3. The third-order valence-corrected chi connectivity index (χ3v) is 2.80. The minimum absolute atomic E-state index is 0.236. The van der Waals surface area contributed by atoms with Crippen molar-refractivity contribution in [3.05, 3.63) is 23.3 Å². The maximum atomic E-state index is 11.5. The van der Waals surface area contributed by atoms with E-state index in [-0.39, 0.29) is 6.61 Å². The second kappa shape index (κ2) is 5.27. The fourth-order valence-electron chi connectivity index (χ4n) is 1.91. The SMILES string of the molecule is CCOC(=O)C(O)c1ccc2c(c1C)OCCO2. The Balaban J connectivity index is 2.31. The first-order valence-corrected chi connectivity index (χ1v) is 5.89. The van der Waals surface area contributed by atoms with Gasteiger partial charge in [0, 0.05) is 5.56 Å². The molecule has 0 spiro atoms. The number of esters is 1. The fourth-order valence-corrected chi connectivity index (χ4v) is 1.91. The maximum Gasteiger partial charge on any atom is 0.339 e. The minimum Gasteiger partial charge on any atom is -0.486 e. The smallest absolute Gasteiger partial charge is 0.339 e. The number of ether oxygens (including phenoxy) is 3. The van der Waals surface area contributed by atoms with Gasteiger partial charge in [-0.25, -0.2) is 4.79 Å². The van der Waals surface area contributed by atoms with Crippen molar-refractivity contribution in [2.45, 2.75) is 20.0 Å². The zero-order chi connectivity index (χ0) is 13.1. The molecule has 1 aliphatic rings. The molecule has 0 aliphatic carbocycles. The van der Waals surface area contributed by atoms with Crippen LogP contribution in [0.5, 0.6) is 11.5 Å². The van der Waals surface area contributed by atoms with E-state index >= 15 is 0 Å². The van der Waals surface area contributed by atoms with Crippen LogP contribution in [0, 0.1) is 6.92 Å². The van der Waals surface area contributed by atoms with E-state index in [2.05, 4.69) is 0 Å². The summed E-state index contributed by atoms with van der Waals surface area (Å²) in [6, 6.07) is 3.35. The van der Waals surface area contributed by atoms with Gasteiger partial charge in [-0.15, -0.1) is 0 Å². The number of carbonyl (C=O) groups excluding carboxylic acids is 1. The number of hydrogen-bond donors (Lipinski definition) is 1. The predicted octanol–water partition coefficient (Wildman–Crippen LogP) is 1.36. The highest BCUT2D eigenvalue weighted by Crippen LogP contribution is 2.37. The van der Waals surface area contributed by atoms with Crippen LogP contribution in [0.15, 0.2) is 12.1 Å². The van der Waals surface area contributed by atoms with Crippen molar-refractivity contribution in [3.8, 4) is 11.5 Å². The highest BCUT2D eigenvalue weighted by Gasteiger charge is 2.25. The summed E-state index contributed by atoms with van der Waals surface area (Å²) < 4.78 is 15.7. The molecule has 0 saturated heterocycles. The van der Waals surface area contributed by atoms with Crippen LogP contribution in [-0.4, -0.2) is 30.9 Å². The molecule has 1 atom stereocenters. The molecule has 0 radical (unpaired) electrons. The Hall–Kier alpha value is -1.75. The first-order valence-electron chi connectivity index (χ1n) is 5.89. The van der Waals surface area contributed by atoms with Crippen LogP contribution in [0.2, 0.25) is 0 Å². The van der Waals surface area contributed by atoms with Crippen molar-refractivity contribution in [2.75, 3.05) is 19.8 Å². The van der Waals surface area contributed by atoms with E-state index in [9.17, 15) is 9.90 Å². The first-order chi connectivity index (χ1) is 8.65. The third-order valence-electron chi connectivity index (χ3n) is 2.80. The lowest BCUT2D eigenvalue weighted by Crippen LogP contribution is -2.19. The number of carbonyl (C=O) groups is 1. The Labute approximate surface area is 105 Å². The van der Waals surface area contributed by atoms with Crippen LogP contribution < -0.4 is 9.47 Å². The van der Waals surface area contributed by atoms with Gasteiger partial charge in [0.25, 0.3) is 0 Å². The summed E-state index contributed by atoms with van der Waals surface area (Å²) >= 11 is 0. The van der Waals surface area contributed by atoms with Crippen LogP contribution in [-0.2, 0) is 9.53 Å². The van der Waals surface area contributed by atoms with Gasteiger partial charge in [0.1, 0.15) is 13.2 Å². The van der Waals surface area contributed by atoms with Crippen LogP contribution in [0.1, 0.15) is 24.2 Å². The van der Waals surface area contributed by atoms with E-state index in [1.54, 1.807) is 26.0 Å². The summed E-state index contributed by atoms with van der Waals surface area (Å²) in [6.07, 6.45) is -1.29. The summed E-state index contributed by atoms with van der Waals surface area (Å²) in [5.74, 6) is 0.568. The quantitative estimate of drug-likeness (QED) is 0.823. The Morgan fingerprint density at radius 2 is 2.17 bits per heavy atom. The predicted molar refractivity (Wildman–Crippen MR) is 63.8 cm³/mol. The van der Waals surface area contributed by atoms with Crippen molar-refractivity contribution in [3.63, 3.8) is 0 Å². The zero-order valence-electron chi connectivity index (χ0n) is 10.4. The lowest BCUT2D eigenvalue weighted by Gasteiger charge is -2.22. The number of hydrogen-bond acceptors (Lipinski definition) is 5. The molecule has 1 unspecified atom stereocenters. The average Bonchev–Trinajstić information content (AvgIpc) is 2.39. The molecule has 2 rings (SSSR count). The summed E-state index contributed by atoms with van der Waals surface area (Å²) in [5, 5.41) is 9.93. The summed E-state index contributed by atoms with van der Waals surface area (Å²) in [5.41, 5.74) is 1.19. The minimum atomic E-state index is -1.29. The molecule has 1 aromatic rings. The monoisotopic (exact) mass is 252 g/mol. The topological polar surface area (TPSA) is 65.0 Å². The van der Waals surface area contributed by atoms with Gasteiger partial charge in [0.05, 0.1) is 6.61 Å². The van der Waals surface area contributed by atoms with Crippen molar-refractivity contribution < 1.29 is 24.1 Å². The second-order valence-corrected chi connectivity index (χ2v) is 3.96. The molecule has 5 heteroatoms. The molecule has 0 amide bonds. The Kier molecular flexibility index (Phi) is 3.72. The number of aliphatic hydroxyl groups is 1. The molecule has 1 aliphatic heterocycles. The molecule has 0 saturated carbocycles. The molecule has 98 valence electrons. The lowest BCUT2D eigenvalue weighted by molar-refractivity contribution is -0.153. The Morgan fingerprint density at radius 1 is 1.44 bits per heavy atom. The molecule has 18 heavy (non-hydrogen) atoms. The van der Waals surface area contributed by atoms with E-state index < -0.39 is 12.1 Å². The van der Waals surface area contributed by atoms with Crippen LogP contribution in [0.3, 0.4) is 0 Å². The first kappa shape index (κ1) is 12.7. The van der Waals surface area contributed by atoms with Gasteiger partial charge in [-0.3, -0.25) is 0 Å². The van der Waals surface area contributed by atoms with Gasteiger partial charge in [0.15, 0.2) is 17.6 Å². The standard InChI is InChI=1S/C13H16O5/c1-3-16-13(15)11(14)9-4-5-10-12(8(9)2)18-7-6-17-10/h4-5,11,14H,3,6-7H2,1-2H3. The van der Waals surface area contributed by atoms with Crippen LogP contribution in [0.4, 0.5) is 0 Å². The number of fused-ring (bicyclic) bond motifs is 1. The maximum absolute atomic E-state index is 11.5. The normalized spacial score (nSPS) is 15.1. The largest absolute Gasteiger partial charge is 0.486 e. The molecule has 0 bridgehead atoms. The number of aliphatic hydroxyl groups excluding tert-OH is 1. The molecular weight excluding hydrogens is 236 g/mol. The van der Waals surface area contributed by atoms with Crippen LogP contribution >= 0.6 is 0 Å². The van der Waals surface area contributed by atoms with E-state index in [4.69, 9.17) is 14.2 Å². The van der Waals surface area contributed by atoms with Gasteiger partial charge < -0.3 is 19.3 Å². The average molecular weight is 252 g/mol. The second-order valence-electron chi connectivity index (χ2n) is 3.96. The molecule has 0 fully saturated rings. The highest BCUT2D eigenvalue weighted by molar-refractivity contribution is 5.77. The van der Waals surface area contributed by atoms with Crippen molar-refractivity contribution in [1.29, 1.82) is 0 Å². The molecule has 1 N–H and O–H groups in total. The molecule has 0 aromatic heterocycles. The summed E-state index contributed by atoms with van der Waals surface area (Å²) in [4.78, 5) is 11.5. The van der Waals surface area contributed by atoms with E-state index in [1.807, 2.05) is 0 Å². The summed E-state index contributed by atoms with van der Waals surface area (Å²) in [6.45, 7) is 4.69. The van der Waals surface area contributed by atoms with Crippen LogP contribution in [0.25, 0.3) is 0 Å². The Bertz CT molecular complexity index is 455. The lowest BCUT2D eigenvalue weighted by atomic mass is 10.0. The summed E-state index contributed by atoms with van der Waals surface area (Å²) in [7, 11) is 0. The number of benzene rings is 1. The van der Waals surface area contributed by atoms with Gasteiger partial charge in [-0.2, -0.15) is 0 Å². The van der Waals surface area contributed by atoms with E-state index in [0.29, 0.717) is 35.8 Å². The molecule has 1 heterocycles. The fraction of sp³-hybridized carbons (Fsp3) is 0.462. The zero-order valence-corrected chi connectivity index (χ0v) is 10.4. The van der Waals surface area contributed by atoms with Crippen molar-refractivity contribution in [2.24, 2.45) is 0 Å². The van der Waals surface area contributed by atoms with Gasteiger partial charge in [-0.05, 0) is 25.5 Å². The van der Waals surface area contributed by atoms with E-state index in [0.717, 1.165) is 0 Å². The molecule has 5 nitrogen and oxygen atoms in total. The molecular formula is C13H16O5. The molecule has 1 aromatic carbocycles. The highest BCUT2D eigenvalue weighted by atomic mass is 16.6. The van der Waals surface area contributed by atoms with Crippen molar-refractivity contribution >= 4 is 5.97 Å².